The number of carbonyl (C=O) groups is 3. The highest BCUT2D eigenvalue weighted by atomic mass is 16.5. The Kier molecular flexibility index (Phi) is 6.76. The molecule has 2 unspecified atom stereocenters. The fourth-order valence-electron chi connectivity index (χ4n) is 5.13. The molecule has 7 heteroatoms. The third-order valence-electron chi connectivity index (χ3n) is 6.84. The van der Waals surface area contributed by atoms with Gasteiger partial charge in [0.2, 0.25) is 0 Å². The van der Waals surface area contributed by atoms with Crippen LogP contribution in [-0.4, -0.2) is 35.5 Å². The Morgan fingerprint density at radius 2 is 1.84 bits per heavy atom. The van der Waals surface area contributed by atoms with Crippen molar-refractivity contribution in [3.05, 3.63) is 100 Å². The van der Waals surface area contributed by atoms with E-state index in [1.807, 2.05) is 44.2 Å². The molecule has 1 saturated heterocycles. The Labute approximate surface area is 221 Å². The van der Waals surface area contributed by atoms with Crippen molar-refractivity contribution in [2.24, 2.45) is 0 Å². The molecular weight excluding hydrogens is 482 g/mol. The largest absolute Gasteiger partial charge is 0.507 e. The van der Waals surface area contributed by atoms with Crippen LogP contribution in [0.15, 0.2) is 72.3 Å². The molecule has 38 heavy (non-hydrogen) atoms. The van der Waals surface area contributed by atoms with E-state index >= 15 is 0 Å². The lowest BCUT2D eigenvalue weighted by Crippen LogP contribution is -2.29. The summed E-state index contributed by atoms with van der Waals surface area (Å²) in [6, 6.07) is 18.9. The zero-order chi connectivity index (χ0) is 27.0. The molecule has 0 spiro atoms. The molecule has 1 amide bonds. The Balaban J connectivity index is 1.59. The summed E-state index contributed by atoms with van der Waals surface area (Å²) >= 11 is 0. The maximum Gasteiger partial charge on any atom is 0.310 e. The Morgan fingerprint density at radius 1 is 1.08 bits per heavy atom. The van der Waals surface area contributed by atoms with Crippen LogP contribution < -0.4 is 9.64 Å². The van der Waals surface area contributed by atoms with Gasteiger partial charge < -0.3 is 14.6 Å². The van der Waals surface area contributed by atoms with Gasteiger partial charge in [0.1, 0.15) is 17.6 Å². The van der Waals surface area contributed by atoms with Gasteiger partial charge in [0.15, 0.2) is 0 Å². The molecule has 1 N–H and O–H groups in total. The van der Waals surface area contributed by atoms with Crippen molar-refractivity contribution in [3.63, 3.8) is 0 Å². The van der Waals surface area contributed by atoms with E-state index in [9.17, 15) is 19.5 Å². The molecule has 5 rings (SSSR count). The van der Waals surface area contributed by atoms with Crippen molar-refractivity contribution in [1.29, 1.82) is 0 Å². The lowest BCUT2D eigenvalue weighted by atomic mass is 9.93. The minimum Gasteiger partial charge on any atom is -0.507 e. The molecule has 2 aliphatic heterocycles. The summed E-state index contributed by atoms with van der Waals surface area (Å²) in [6.45, 7) is 5.96. The van der Waals surface area contributed by atoms with Crippen molar-refractivity contribution in [1.82, 2.24) is 0 Å². The molecule has 2 atom stereocenters. The number of aliphatic hydroxyl groups is 1. The minimum atomic E-state index is -0.825. The fourth-order valence-corrected chi connectivity index (χ4v) is 5.13. The number of hydrogen-bond donors (Lipinski definition) is 1. The van der Waals surface area contributed by atoms with Gasteiger partial charge in [-0.25, -0.2) is 0 Å². The molecule has 0 saturated carbocycles. The van der Waals surface area contributed by atoms with Crippen LogP contribution >= 0.6 is 0 Å². The average molecular weight is 512 g/mol. The first-order valence-electron chi connectivity index (χ1n) is 12.7. The summed E-state index contributed by atoms with van der Waals surface area (Å²) in [4.78, 5) is 40.2. The summed E-state index contributed by atoms with van der Waals surface area (Å²) in [6.07, 6.45) is 0.839. The Morgan fingerprint density at radius 3 is 2.55 bits per heavy atom. The van der Waals surface area contributed by atoms with Gasteiger partial charge in [-0.3, -0.25) is 19.3 Å². The summed E-state index contributed by atoms with van der Waals surface area (Å²) in [5.74, 6) is -1.29. The number of aliphatic hydroxyl groups excluding tert-OH is 1. The molecule has 194 valence electrons. The molecule has 0 aromatic heterocycles. The second-order valence-electron chi connectivity index (χ2n) is 9.69. The predicted molar refractivity (Wildman–Crippen MR) is 143 cm³/mol. The Bertz CT molecular complexity index is 1460. The monoisotopic (exact) mass is 511 g/mol. The van der Waals surface area contributed by atoms with Gasteiger partial charge in [0.05, 0.1) is 24.6 Å². The number of benzene rings is 3. The van der Waals surface area contributed by atoms with Crippen molar-refractivity contribution in [3.8, 4) is 5.75 Å². The zero-order valence-corrected chi connectivity index (χ0v) is 21.6. The third-order valence-corrected chi connectivity index (χ3v) is 6.84. The maximum atomic E-state index is 13.4. The van der Waals surface area contributed by atoms with Gasteiger partial charge in [-0.1, -0.05) is 42.0 Å². The van der Waals surface area contributed by atoms with Crippen LogP contribution in [0.3, 0.4) is 0 Å². The molecule has 0 radical (unpaired) electrons. The van der Waals surface area contributed by atoms with Crippen molar-refractivity contribution >= 4 is 29.1 Å². The van der Waals surface area contributed by atoms with Crippen LogP contribution in [0.2, 0.25) is 0 Å². The van der Waals surface area contributed by atoms with Crippen molar-refractivity contribution < 1.29 is 29.0 Å². The van der Waals surface area contributed by atoms with Gasteiger partial charge in [-0.15, -0.1) is 0 Å². The number of amides is 1. The average Bonchev–Trinajstić information content (AvgIpc) is 3.39. The normalized spacial score (nSPS) is 19.8. The number of nitrogens with zero attached hydrogens (tertiary/aromatic N) is 1. The number of carbonyl (C=O) groups excluding carboxylic acids is 3. The highest BCUT2D eigenvalue weighted by Gasteiger charge is 2.47. The number of Topliss-reactive ketones (excluding diaryl/α,β-unsaturated/α-hetero) is 1. The van der Waals surface area contributed by atoms with Crippen LogP contribution in [0, 0.1) is 6.92 Å². The first-order valence-corrected chi connectivity index (χ1v) is 12.7. The predicted octanol–water partition coefficient (Wildman–Crippen LogP) is 5.05. The minimum absolute atomic E-state index is 0.0307. The topological polar surface area (TPSA) is 93.1 Å². The van der Waals surface area contributed by atoms with E-state index < -0.39 is 17.7 Å². The molecule has 3 aromatic carbocycles. The smallest absolute Gasteiger partial charge is 0.310 e. The molecule has 7 nitrogen and oxygen atoms in total. The molecule has 2 aliphatic rings. The number of hydrogen-bond acceptors (Lipinski definition) is 6. The van der Waals surface area contributed by atoms with Crippen LogP contribution in [0.25, 0.3) is 5.76 Å². The molecule has 0 bridgehead atoms. The molecule has 1 fully saturated rings. The number of rotatable bonds is 6. The van der Waals surface area contributed by atoms with Crippen LogP contribution in [0.1, 0.15) is 47.7 Å². The first kappa shape index (κ1) is 25.3. The first-order chi connectivity index (χ1) is 18.3. The van der Waals surface area contributed by atoms with Gasteiger partial charge in [0.25, 0.3) is 11.7 Å². The summed E-state index contributed by atoms with van der Waals surface area (Å²) in [7, 11) is 0. The second-order valence-corrected chi connectivity index (χ2v) is 9.69. The van der Waals surface area contributed by atoms with E-state index in [1.165, 1.54) is 4.90 Å². The lowest BCUT2D eigenvalue weighted by Gasteiger charge is -2.26. The van der Waals surface area contributed by atoms with Crippen molar-refractivity contribution in [2.75, 3.05) is 11.5 Å². The van der Waals surface area contributed by atoms with Gasteiger partial charge in [-0.05, 0) is 67.8 Å². The molecule has 2 heterocycles. The van der Waals surface area contributed by atoms with Gasteiger partial charge in [0, 0.05) is 17.7 Å². The molecule has 0 aliphatic carbocycles. The zero-order valence-electron chi connectivity index (χ0n) is 21.6. The molecule has 3 aromatic rings. The van der Waals surface area contributed by atoms with E-state index in [-0.39, 0.29) is 29.8 Å². The highest BCUT2D eigenvalue weighted by molar-refractivity contribution is 6.51. The second kappa shape index (κ2) is 10.2. The SMILES string of the molecule is CCOC(=O)Cc1ccc(N2C(=O)C(=O)/C(=C(\O)c3ccc4c(c3)CC(C)O4)C2c2cccc(C)c2)cc1. The number of esters is 1. The standard InChI is InChI=1S/C31H29NO6/c1-4-37-26(33)16-20-8-11-24(12-9-20)32-28(21-7-5-6-18(2)14-21)27(30(35)31(32)36)29(34)22-10-13-25-23(17-22)15-19(3)38-25/h5-14,17,19,28,34H,4,15-16H2,1-3H3/b29-27-. The molecular formula is C31H29NO6. The van der Waals surface area contributed by atoms with Gasteiger partial charge >= 0.3 is 5.97 Å². The van der Waals surface area contributed by atoms with E-state index in [0.717, 1.165) is 22.4 Å². The number of aryl methyl sites for hydroxylation is 1. The lowest BCUT2D eigenvalue weighted by molar-refractivity contribution is -0.142. The number of ketones is 1. The van der Waals surface area contributed by atoms with E-state index in [0.29, 0.717) is 29.8 Å². The summed E-state index contributed by atoms with van der Waals surface area (Å²) < 4.78 is 10.8. The summed E-state index contributed by atoms with van der Waals surface area (Å²) in [5, 5.41) is 11.5. The van der Waals surface area contributed by atoms with Gasteiger partial charge in [-0.2, -0.15) is 0 Å². The van der Waals surface area contributed by atoms with Crippen LogP contribution in [0.4, 0.5) is 5.69 Å². The quantitative estimate of drug-likeness (QED) is 0.215. The van der Waals surface area contributed by atoms with E-state index in [1.54, 1.807) is 43.3 Å². The van der Waals surface area contributed by atoms with Crippen LogP contribution in [-0.2, 0) is 32.0 Å². The van der Waals surface area contributed by atoms with Crippen LogP contribution in [0.5, 0.6) is 5.75 Å². The van der Waals surface area contributed by atoms with Crippen molar-refractivity contribution in [2.45, 2.75) is 45.8 Å². The third kappa shape index (κ3) is 4.67. The summed E-state index contributed by atoms with van der Waals surface area (Å²) in [5.41, 5.74) is 4.32. The van der Waals surface area contributed by atoms with E-state index in [2.05, 4.69) is 0 Å². The Hall–Kier alpha value is -4.39. The fraction of sp³-hybridized carbons (Fsp3) is 0.258. The highest BCUT2D eigenvalue weighted by Crippen LogP contribution is 2.43. The van der Waals surface area contributed by atoms with E-state index in [4.69, 9.17) is 9.47 Å². The number of anilines is 1. The number of fused-ring (bicyclic) bond motifs is 1. The maximum absolute atomic E-state index is 13.4. The number of ether oxygens (including phenoxy) is 2.